The van der Waals surface area contributed by atoms with E-state index in [1.165, 1.54) is 6.92 Å². The van der Waals surface area contributed by atoms with Gasteiger partial charge in [-0.15, -0.1) is 0 Å². The Hall–Kier alpha value is 0.0700. The summed E-state index contributed by atoms with van der Waals surface area (Å²) in [4.78, 5) is 18.0. The molecular formula is C11H25O5P. The highest BCUT2D eigenvalue weighted by Crippen LogP contribution is 2.46. The molecule has 0 aromatic heterocycles. The first kappa shape index (κ1) is 17.1. The second-order valence-corrected chi connectivity index (χ2v) is 5.69. The van der Waals surface area contributed by atoms with E-state index in [0.717, 1.165) is 25.7 Å². The van der Waals surface area contributed by atoms with Gasteiger partial charge < -0.3 is 14.9 Å². The molecule has 0 aromatic rings. The van der Waals surface area contributed by atoms with Gasteiger partial charge in [-0.1, -0.05) is 39.5 Å². The van der Waals surface area contributed by atoms with Gasteiger partial charge in [0.25, 0.3) is 0 Å². The van der Waals surface area contributed by atoms with Crippen molar-refractivity contribution in [1.82, 2.24) is 0 Å². The third kappa shape index (κ3) is 6.53. The average molecular weight is 268 g/mol. The quantitative estimate of drug-likeness (QED) is 0.559. The van der Waals surface area contributed by atoms with Crippen LogP contribution in [0.15, 0.2) is 0 Å². The Bertz CT molecular complexity index is 240. The van der Waals surface area contributed by atoms with Crippen LogP contribution >= 0.6 is 7.82 Å². The third-order valence-electron chi connectivity index (χ3n) is 2.97. The minimum absolute atomic E-state index is 0.465. The zero-order valence-electron chi connectivity index (χ0n) is 10.9. The molecule has 0 amide bonds. The average Bonchev–Trinajstić information content (AvgIpc) is 2.20. The van der Waals surface area contributed by atoms with Gasteiger partial charge in [0.05, 0.1) is 6.10 Å². The fourth-order valence-corrected chi connectivity index (χ4v) is 2.71. The molecule has 0 aliphatic carbocycles. The van der Waals surface area contributed by atoms with Crippen molar-refractivity contribution in [2.45, 2.75) is 71.0 Å². The first-order valence-electron chi connectivity index (χ1n) is 6.21. The molecule has 6 heteroatoms. The highest BCUT2D eigenvalue weighted by molar-refractivity contribution is 7.46. The Morgan fingerprint density at radius 1 is 1.18 bits per heavy atom. The van der Waals surface area contributed by atoms with Crippen LogP contribution in [0.5, 0.6) is 0 Å². The molecule has 104 valence electrons. The van der Waals surface area contributed by atoms with Gasteiger partial charge in [-0.25, -0.2) is 4.57 Å². The first-order chi connectivity index (χ1) is 7.77. The van der Waals surface area contributed by atoms with Gasteiger partial charge in [-0.3, -0.25) is 4.52 Å². The van der Waals surface area contributed by atoms with Crippen LogP contribution in [0.3, 0.4) is 0 Å². The molecule has 5 nitrogen and oxygen atoms in total. The van der Waals surface area contributed by atoms with Crippen molar-refractivity contribution in [2.24, 2.45) is 0 Å². The summed E-state index contributed by atoms with van der Waals surface area (Å²) in [5.41, 5.74) is -1.12. The van der Waals surface area contributed by atoms with Crippen molar-refractivity contribution in [3.63, 3.8) is 0 Å². The van der Waals surface area contributed by atoms with Crippen LogP contribution in [-0.4, -0.2) is 26.6 Å². The largest absolute Gasteiger partial charge is 0.470 e. The Morgan fingerprint density at radius 3 is 1.82 bits per heavy atom. The number of rotatable bonds is 9. The summed E-state index contributed by atoms with van der Waals surface area (Å²) in [7, 11) is -4.58. The van der Waals surface area contributed by atoms with Gasteiger partial charge >= 0.3 is 7.82 Å². The Balaban J connectivity index is 4.88. The number of unbranched alkanes of at least 4 members (excludes halogenated alkanes) is 2. The molecule has 0 fully saturated rings. The lowest BCUT2D eigenvalue weighted by atomic mass is 9.86. The van der Waals surface area contributed by atoms with Crippen LogP contribution in [0, 0.1) is 0 Å². The molecule has 0 heterocycles. The minimum Gasteiger partial charge on any atom is -0.390 e. The maximum Gasteiger partial charge on any atom is 0.470 e. The third-order valence-corrected chi connectivity index (χ3v) is 3.57. The van der Waals surface area contributed by atoms with E-state index in [1.807, 2.05) is 13.8 Å². The van der Waals surface area contributed by atoms with Gasteiger partial charge in [0.15, 0.2) is 0 Å². The summed E-state index contributed by atoms with van der Waals surface area (Å²) < 4.78 is 15.9. The lowest BCUT2D eigenvalue weighted by Crippen LogP contribution is -2.42. The summed E-state index contributed by atoms with van der Waals surface area (Å²) in [6, 6.07) is 0. The van der Waals surface area contributed by atoms with Gasteiger partial charge in [0.1, 0.15) is 5.60 Å². The molecule has 0 radical (unpaired) electrons. The normalized spacial score (nSPS) is 14.9. The molecule has 0 saturated heterocycles. The zero-order chi connectivity index (χ0) is 13.5. The van der Waals surface area contributed by atoms with Crippen LogP contribution < -0.4 is 0 Å². The van der Waals surface area contributed by atoms with E-state index in [-0.39, 0.29) is 0 Å². The SMILES string of the molecule is CCCCC(CCCC)(OP(=O)(O)O)C(C)O. The predicted octanol–water partition coefficient (Wildman–Crippen LogP) is 2.60. The summed E-state index contributed by atoms with van der Waals surface area (Å²) >= 11 is 0. The van der Waals surface area contributed by atoms with Crippen molar-refractivity contribution >= 4 is 7.82 Å². The number of aliphatic hydroxyl groups is 1. The molecule has 1 unspecified atom stereocenters. The van der Waals surface area contributed by atoms with Crippen molar-refractivity contribution < 1.29 is 24.0 Å². The molecule has 17 heavy (non-hydrogen) atoms. The summed E-state index contributed by atoms with van der Waals surface area (Å²) in [6.07, 6.45) is 3.37. The predicted molar refractivity (Wildman–Crippen MR) is 66.6 cm³/mol. The standard InChI is InChI=1S/C11H25O5P/c1-4-6-8-11(10(3)12,9-7-5-2)16-17(13,14)15/h10,12H,4-9H2,1-3H3,(H2,13,14,15). The molecule has 0 aliphatic rings. The lowest BCUT2D eigenvalue weighted by molar-refractivity contribution is -0.0738. The van der Waals surface area contributed by atoms with Crippen molar-refractivity contribution in [3.05, 3.63) is 0 Å². The number of hydrogen-bond donors (Lipinski definition) is 3. The van der Waals surface area contributed by atoms with E-state index in [1.54, 1.807) is 0 Å². The van der Waals surface area contributed by atoms with E-state index in [0.29, 0.717) is 12.8 Å². The van der Waals surface area contributed by atoms with Crippen LogP contribution in [0.1, 0.15) is 59.3 Å². The summed E-state index contributed by atoms with van der Waals surface area (Å²) in [6.45, 7) is 5.51. The van der Waals surface area contributed by atoms with Gasteiger partial charge in [0.2, 0.25) is 0 Å². The fraction of sp³-hybridized carbons (Fsp3) is 1.00. The lowest BCUT2D eigenvalue weighted by Gasteiger charge is -2.36. The number of aliphatic hydroxyl groups excluding tert-OH is 1. The smallest absolute Gasteiger partial charge is 0.390 e. The van der Waals surface area contributed by atoms with E-state index < -0.39 is 19.5 Å². The number of hydrogen-bond acceptors (Lipinski definition) is 3. The molecule has 0 rings (SSSR count). The fourth-order valence-electron chi connectivity index (χ4n) is 1.90. The van der Waals surface area contributed by atoms with Crippen LogP contribution in [0.2, 0.25) is 0 Å². The van der Waals surface area contributed by atoms with E-state index in [4.69, 9.17) is 14.3 Å². The highest BCUT2D eigenvalue weighted by Gasteiger charge is 2.41. The summed E-state index contributed by atoms with van der Waals surface area (Å²) in [5.74, 6) is 0. The van der Waals surface area contributed by atoms with Crippen LogP contribution in [0.25, 0.3) is 0 Å². The number of phosphoric acid groups is 1. The zero-order valence-corrected chi connectivity index (χ0v) is 11.8. The second kappa shape index (κ2) is 7.49. The monoisotopic (exact) mass is 268 g/mol. The van der Waals surface area contributed by atoms with Crippen molar-refractivity contribution in [1.29, 1.82) is 0 Å². The molecule has 3 N–H and O–H groups in total. The van der Waals surface area contributed by atoms with E-state index in [2.05, 4.69) is 0 Å². The number of phosphoric ester groups is 1. The maximum absolute atomic E-state index is 11.0. The maximum atomic E-state index is 11.0. The Kier molecular flexibility index (Phi) is 7.52. The molecule has 1 atom stereocenters. The van der Waals surface area contributed by atoms with Crippen molar-refractivity contribution in [2.75, 3.05) is 0 Å². The molecule has 0 saturated carbocycles. The summed E-state index contributed by atoms with van der Waals surface area (Å²) in [5, 5.41) is 9.81. The molecular weight excluding hydrogens is 243 g/mol. The molecule has 0 bridgehead atoms. The van der Waals surface area contributed by atoms with E-state index >= 15 is 0 Å². The molecule has 0 aliphatic heterocycles. The van der Waals surface area contributed by atoms with Gasteiger partial charge in [-0.2, -0.15) is 0 Å². The molecule has 0 aromatic carbocycles. The minimum atomic E-state index is -4.58. The van der Waals surface area contributed by atoms with Gasteiger partial charge in [-0.05, 0) is 19.8 Å². The first-order valence-corrected chi connectivity index (χ1v) is 7.75. The Labute approximate surface area is 103 Å². The second-order valence-electron chi connectivity index (χ2n) is 4.53. The highest BCUT2D eigenvalue weighted by atomic mass is 31.2. The van der Waals surface area contributed by atoms with Crippen LogP contribution in [-0.2, 0) is 9.09 Å². The Morgan fingerprint density at radius 2 is 1.59 bits per heavy atom. The van der Waals surface area contributed by atoms with Gasteiger partial charge in [0, 0.05) is 0 Å². The molecule has 0 spiro atoms. The van der Waals surface area contributed by atoms with Crippen LogP contribution in [0.4, 0.5) is 0 Å². The van der Waals surface area contributed by atoms with Crippen molar-refractivity contribution in [3.8, 4) is 0 Å². The topological polar surface area (TPSA) is 87.0 Å². The van der Waals surface area contributed by atoms with E-state index in [9.17, 15) is 9.67 Å².